The Morgan fingerprint density at radius 1 is 1.06 bits per heavy atom. The number of hydrogen-bond acceptors (Lipinski definition) is 6. The number of nitrogens with two attached hydrogens (primary N) is 1. The minimum Gasteiger partial charge on any atom is -0.443 e. The molecule has 188 valence electrons. The zero-order valence-corrected chi connectivity index (χ0v) is 21.4. The van der Waals surface area contributed by atoms with Crippen LogP contribution in [0.2, 0.25) is 0 Å². The summed E-state index contributed by atoms with van der Waals surface area (Å²) in [6.45, 7) is 9.56. The number of benzene rings is 2. The van der Waals surface area contributed by atoms with Crippen LogP contribution in [-0.2, 0) is 27.6 Å². The molecule has 0 heterocycles. The second kappa shape index (κ2) is 11.6. The van der Waals surface area contributed by atoms with Crippen molar-refractivity contribution in [2.45, 2.75) is 65.2 Å². The number of aliphatic hydroxyl groups excluding tert-OH is 1. The van der Waals surface area contributed by atoms with Crippen molar-refractivity contribution in [1.82, 2.24) is 5.32 Å². The molecule has 2 aromatic rings. The van der Waals surface area contributed by atoms with Crippen LogP contribution >= 0.6 is 0 Å². The Morgan fingerprint density at radius 2 is 1.71 bits per heavy atom. The Balaban J connectivity index is 2.15. The quantitative estimate of drug-likeness (QED) is 0.375. The first-order valence-corrected chi connectivity index (χ1v) is 13.0. The van der Waals surface area contributed by atoms with Crippen LogP contribution in [0.5, 0.6) is 0 Å². The van der Waals surface area contributed by atoms with E-state index in [1.807, 2.05) is 36.4 Å². The number of hydrogen-bond donors (Lipinski definition) is 4. The Morgan fingerprint density at radius 3 is 2.26 bits per heavy atom. The maximum absolute atomic E-state index is 12.8. The Hall–Kier alpha value is -2.78. The average Bonchev–Trinajstić information content (AvgIpc) is 2.68. The lowest BCUT2D eigenvalue weighted by Gasteiger charge is -2.26. The molecule has 0 saturated heterocycles. The molecule has 0 aliphatic rings. The molecule has 2 aromatic carbocycles. The lowest BCUT2D eigenvalue weighted by atomic mass is 10.0. The van der Waals surface area contributed by atoms with E-state index in [1.165, 1.54) is 0 Å². The van der Waals surface area contributed by atoms with E-state index in [9.17, 15) is 18.3 Å². The highest BCUT2D eigenvalue weighted by Gasteiger charge is 2.30. The molecule has 0 aliphatic carbocycles. The van der Waals surface area contributed by atoms with Crippen LogP contribution in [0.4, 0.5) is 16.2 Å². The van der Waals surface area contributed by atoms with Gasteiger partial charge in [0.2, 0.25) is 10.0 Å². The van der Waals surface area contributed by atoms with Crippen molar-refractivity contribution < 1.29 is 23.1 Å². The van der Waals surface area contributed by atoms with Gasteiger partial charge in [-0.3, -0.25) is 4.72 Å². The van der Waals surface area contributed by atoms with Crippen LogP contribution < -0.4 is 15.8 Å². The lowest BCUT2D eigenvalue weighted by molar-refractivity contribution is 0.0114. The maximum Gasteiger partial charge on any atom is 0.407 e. The van der Waals surface area contributed by atoms with Gasteiger partial charge >= 0.3 is 6.09 Å². The number of ether oxygens (including phenoxy) is 1. The minimum atomic E-state index is -3.99. The summed E-state index contributed by atoms with van der Waals surface area (Å²) < 4.78 is 33.5. The van der Waals surface area contributed by atoms with Crippen LogP contribution in [0.25, 0.3) is 0 Å². The fraction of sp³-hybridized carbons (Fsp3) is 0.480. The highest BCUT2D eigenvalue weighted by Crippen LogP contribution is 2.23. The average molecular weight is 492 g/mol. The van der Waals surface area contributed by atoms with E-state index in [1.54, 1.807) is 32.9 Å². The van der Waals surface area contributed by atoms with Gasteiger partial charge < -0.3 is 20.9 Å². The van der Waals surface area contributed by atoms with E-state index >= 15 is 0 Å². The van der Waals surface area contributed by atoms with Crippen LogP contribution in [0, 0.1) is 5.92 Å². The summed E-state index contributed by atoms with van der Waals surface area (Å²) in [5, 5.41) is 13.5. The van der Waals surface area contributed by atoms with Crippen molar-refractivity contribution >= 4 is 27.5 Å². The summed E-state index contributed by atoms with van der Waals surface area (Å²) in [5.41, 5.74) is 7.86. The smallest absolute Gasteiger partial charge is 0.407 e. The van der Waals surface area contributed by atoms with Gasteiger partial charge in [-0.05, 0) is 56.4 Å². The van der Waals surface area contributed by atoms with Crippen molar-refractivity contribution in [3.05, 3.63) is 59.7 Å². The van der Waals surface area contributed by atoms with Gasteiger partial charge in [0.1, 0.15) is 12.2 Å². The van der Waals surface area contributed by atoms with E-state index in [4.69, 9.17) is 10.5 Å². The molecule has 0 saturated carbocycles. The number of aliphatic hydroxyl groups is 1. The number of anilines is 2. The van der Waals surface area contributed by atoms with E-state index in [2.05, 4.69) is 23.9 Å². The summed E-state index contributed by atoms with van der Waals surface area (Å²) >= 11 is 0. The minimum absolute atomic E-state index is 0.154. The Labute approximate surface area is 203 Å². The normalized spacial score (nSPS) is 13.9. The van der Waals surface area contributed by atoms with Gasteiger partial charge in [0.05, 0.1) is 17.1 Å². The number of amides is 1. The molecule has 0 unspecified atom stereocenters. The van der Waals surface area contributed by atoms with Gasteiger partial charge in [0.25, 0.3) is 0 Å². The summed E-state index contributed by atoms with van der Waals surface area (Å²) in [6.07, 6.45) is -2.30. The predicted octanol–water partition coefficient (Wildman–Crippen LogP) is 3.71. The molecule has 9 heteroatoms. The fourth-order valence-corrected chi connectivity index (χ4v) is 4.69. The molecule has 34 heavy (non-hydrogen) atoms. The van der Waals surface area contributed by atoms with Gasteiger partial charge in [-0.15, -0.1) is 0 Å². The number of nitrogens with one attached hydrogen (secondary N) is 2. The van der Waals surface area contributed by atoms with E-state index in [0.29, 0.717) is 11.6 Å². The molecule has 2 rings (SSSR count). The molecule has 5 N–H and O–H groups in total. The monoisotopic (exact) mass is 491 g/mol. The second-order valence-electron chi connectivity index (χ2n) is 9.98. The van der Waals surface area contributed by atoms with Gasteiger partial charge in [0, 0.05) is 12.0 Å². The van der Waals surface area contributed by atoms with Crippen LogP contribution in [0.3, 0.4) is 0 Å². The first-order valence-electron chi connectivity index (χ1n) is 11.3. The summed E-state index contributed by atoms with van der Waals surface area (Å²) in [7, 11) is -3.99. The van der Waals surface area contributed by atoms with Gasteiger partial charge in [-0.25, -0.2) is 13.2 Å². The van der Waals surface area contributed by atoms with Crippen molar-refractivity contribution in [3.63, 3.8) is 0 Å². The Bertz CT molecular complexity index is 1050. The fourth-order valence-electron chi connectivity index (χ4n) is 3.42. The maximum atomic E-state index is 12.8. The second-order valence-corrected chi connectivity index (χ2v) is 11.7. The van der Waals surface area contributed by atoms with Crippen LogP contribution in [-0.4, -0.2) is 43.1 Å². The number of nitrogen functional groups attached to an aromatic ring is 1. The molecule has 0 radical (unpaired) electrons. The molecule has 0 aliphatic heterocycles. The third kappa shape index (κ3) is 9.61. The molecule has 0 fully saturated rings. The zero-order valence-electron chi connectivity index (χ0n) is 20.5. The SMILES string of the molecule is CC(C)Cc1ccc(NS(=O)(=O)C[C@H](O)[C@H](Cc2ccccc2)OC(=O)NC(C)(C)C)c(N)c1. The van der Waals surface area contributed by atoms with Crippen LogP contribution in [0.1, 0.15) is 45.7 Å². The van der Waals surface area contributed by atoms with Crippen molar-refractivity contribution in [1.29, 1.82) is 0 Å². The highest BCUT2D eigenvalue weighted by atomic mass is 32.2. The first kappa shape index (κ1) is 27.5. The zero-order chi connectivity index (χ0) is 25.5. The topological polar surface area (TPSA) is 131 Å². The van der Waals surface area contributed by atoms with E-state index < -0.39 is 39.6 Å². The van der Waals surface area contributed by atoms with Crippen molar-refractivity contribution in [3.8, 4) is 0 Å². The third-order valence-electron chi connectivity index (χ3n) is 4.86. The first-order chi connectivity index (χ1) is 15.7. The number of rotatable bonds is 10. The number of carbonyl (C=O) groups excluding carboxylic acids is 1. The lowest BCUT2D eigenvalue weighted by Crippen LogP contribution is -2.46. The molecular weight excluding hydrogens is 454 g/mol. The molecular formula is C25H37N3O5S. The molecule has 2 atom stereocenters. The standard InChI is InChI=1S/C25H37N3O5S/c1-17(2)13-19-11-12-21(20(26)14-19)28-34(31,32)16-22(29)23(15-18-9-7-6-8-10-18)33-24(30)27-25(3,4)5/h6-12,14,17,22-23,28-29H,13,15-16,26H2,1-5H3,(H,27,30)/t22-,23-/m0/s1. The largest absolute Gasteiger partial charge is 0.443 e. The molecule has 0 bridgehead atoms. The molecule has 0 spiro atoms. The summed E-state index contributed by atoms with van der Waals surface area (Å²) in [6, 6.07) is 14.3. The third-order valence-corrected chi connectivity index (χ3v) is 6.17. The summed E-state index contributed by atoms with van der Waals surface area (Å²) in [4.78, 5) is 12.3. The molecule has 1 amide bonds. The Kier molecular flexibility index (Phi) is 9.35. The number of alkyl carbamates (subject to hydrolysis) is 1. The number of carbonyl (C=O) groups is 1. The van der Waals surface area contributed by atoms with E-state index in [0.717, 1.165) is 17.5 Å². The molecule has 8 nitrogen and oxygen atoms in total. The van der Waals surface area contributed by atoms with Gasteiger partial charge in [0.15, 0.2) is 0 Å². The van der Waals surface area contributed by atoms with Crippen molar-refractivity contribution in [2.75, 3.05) is 16.2 Å². The van der Waals surface area contributed by atoms with Gasteiger partial charge in [-0.2, -0.15) is 0 Å². The molecule has 0 aromatic heterocycles. The number of sulfonamides is 1. The highest BCUT2D eigenvalue weighted by molar-refractivity contribution is 7.92. The van der Waals surface area contributed by atoms with Crippen molar-refractivity contribution in [2.24, 2.45) is 5.92 Å². The van der Waals surface area contributed by atoms with E-state index in [-0.39, 0.29) is 12.1 Å². The van der Waals surface area contributed by atoms with Gasteiger partial charge in [-0.1, -0.05) is 50.2 Å². The summed E-state index contributed by atoms with van der Waals surface area (Å²) in [5.74, 6) is -0.227. The predicted molar refractivity (Wildman–Crippen MR) is 136 cm³/mol. The van der Waals surface area contributed by atoms with Crippen LogP contribution in [0.15, 0.2) is 48.5 Å².